The van der Waals surface area contributed by atoms with Gasteiger partial charge in [0, 0.05) is 12.2 Å². The molecule has 0 heterocycles. The summed E-state index contributed by atoms with van der Waals surface area (Å²) in [7, 11) is 0. The largest absolute Gasteiger partial charge is 0.481 e. The van der Waals surface area contributed by atoms with Gasteiger partial charge in [-0.15, -0.1) is 0 Å². The third-order valence-corrected chi connectivity index (χ3v) is 3.98. The summed E-state index contributed by atoms with van der Waals surface area (Å²) in [6, 6.07) is 9.52. The molecule has 1 aromatic rings. The molecule has 1 amide bonds. The fourth-order valence-corrected chi connectivity index (χ4v) is 2.58. The van der Waals surface area contributed by atoms with Crippen LogP contribution in [0.4, 0.5) is 5.69 Å². The van der Waals surface area contributed by atoms with Crippen LogP contribution in [0.1, 0.15) is 32.6 Å². The summed E-state index contributed by atoms with van der Waals surface area (Å²) in [6.07, 6.45) is 3.22. The van der Waals surface area contributed by atoms with E-state index in [-0.39, 0.29) is 11.8 Å². The zero-order valence-electron chi connectivity index (χ0n) is 11.8. The third-order valence-electron chi connectivity index (χ3n) is 3.98. The Morgan fingerprint density at radius 3 is 2.35 bits per heavy atom. The van der Waals surface area contributed by atoms with E-state index in [1.54, 1.807) is 4.90 Å². The van der Waals surface area contributed by atoms with Crippen LogP contribution >= 0.6 is 0 Å². The van der Waals surface area contributed by atoms with Crippen molar-refractivity contribution in [2.24, 2.45) is 11.8 Å². The number of nitrogens with zero attached hydrogens (tertiary/aromatic N) is 1. The molecule has 0 saturated heterocycles. The standard InChI is InChI=1S/C16H21NO3/c1-2-3-11-17(12-7-5-4-6-8-12)15(18)13-9-10-14(13)16(19)20/h4-8,13-14H,2-3,9-11H2,1H3,(H,19,20). The van der Waals surface area contributed by atoms with Crippen molar-refractivity contribution in [3.05, 3.63) is 30.3 Å². The quantitative estimate of drug-likeness (QED) is 0.868. The van der Waals surface area contributed by atoms with Gasteiger partial charge < -0.3 is 10.0 Å². The summed E-state index contributed by atoms with van der Waals surface area (Å²) in [5.74, 6) is -1.75. The van der Waals surface area contributed by atoms with Gasteiger partial charge >= 0.3 is 5.97 Å². The van der Waals surface area contributed by atoms with Gasteiger partial charge in [0.25, 0.3) is 0 Å². The molecule has 0 aromatic heterocycles. The topological polar surface area (TPSA) is 57.6 Å². The van der Waals surface area contributed by atoms with Crippen LogP contribution in [0.25, 0.3) is 0 Å². The van der Waals surface area contributed by atoms with Crippen LogP contribution in [0, 0.1) is 11.8 Å². The van der Waals surface area contributed by atoms with Crippen molar-refractivity contribution in [3.8, 4) is 0 Å². The van der Waals surface area contributed by atoms with Crippen molar-refractivity contribution in [2.45, 2.75) is 32.6 Å². The van der Waals surface area contributed by atoms with E-state index in [2.05, 4.69) is 6.92 Å². The lowest BCUT2D eigenvalue weighted by Crippen LogP contribution is -2.46. The molecule has 0 aliphatic heterocycles. The van der Waals surface area contributed by atoms with E-state index < -0.39 is 11.9 Å². The molecule has 1 aliphatic carbocycles. The highest BCUT2D eigenvalue weighted by Crippen LogP contribution is 2.36. The van der Waals surface area contributed by atoms with Gasteiger partial charge in [-0.1, -0.05) is 31.5 Å². The molecule has 20 heavy (non-hydrogen) atoms. The highest BCUT2D eigenvalue weighted by Gasteiger charge is 2.43. The second-order valence-electron chi connectivity index (χ2n) is 5.31. The Morgan fingerprint density at radius 1 is 1.20 bits per heavy atom. The summed E-state index contributed by atoms with van der Waals surface area (Å²) in [5.41, 5.74) is 0.863. The van der Waals surface area contributed by atoms with Crippen molar-refractivity contribution in [1.29, 1.82) is 0 Å². The number of carbonyl (C=O) groups excluding carboxylic acids is 1. The Hall–Kier alpha value is -1.84. The second kappa shape index (κ2) is 6.55. The number of hydrogen-bond acceptors (Lipinski definition) is 2. The van der Waals surface area contributed by atoms with Gasteiger partial charge in [-0.25, -0.2) is 0 Å². The molecule has 0 bridgehead atoms. The number of carboxylic acid groups (broad SMARTS) is 1. The van der Waals surface area contributed by atoms with Crippen LogP contribution in [0.2, 0.25) is 0 Å². The first-order valence-electron chi connectivity index (χ1n) is 7.24. The highest BCUT2D eigenvalue weighted by molar-refractivity contribution is 5.98. The molecule has 2 atom stereocenters. The molecule has 1 aromatic carbocycles. The van der Waals surface area contributed by atoms with E-state index in [9.17, 15) is 9.59 Å². The number of aliphatic carboxylic acids is 1. The first-order chi connectivity index (χ1) is 9.65. The molecule has 108 valence electrons. The van der Waals surface area contributed by atoms with Gasteiger partial charge in [0.05, 0.1) is 11.8 Å². The molecule has 1 N–H and O–H groups in total. The molecule has 0 spiro atoms. The lowest BCUT2D eigenvalue weighted by molar-refractivity contribution is -0.152. The van der Waals surface area contributed by atoms with Gasteiger partial charge in [-0.3, -0.25) is 9.59 Å². The van der Waals surface area contributed by atoms with Crippen molar-refractivity contribution in [2.75, 3.05) is 11.4 Å². The normalized spacial score (nSPS) is 21.1. The van der Waals surface area contributed by atoms with E-state index in [0.29, 0.717) is 19.4 Å². The predicted molar refractivity (Wildman–Crippen MR) is 77.6 cm³/mol. The number of hydrogen-bond donors (Lipinski definition) is 1. The predicted octanol–water partition coefficient (Wildman–Crippen LogP) is 2.93. The summed E-state index contributed by atoms with van der Waals surface area (Å²) in [6.45, 7) is 2.74. The molecule has 4 heteroatoms. The number of para-hydroxylation sites is 1. The van der Waals surface area contributed by atoms with Crippen LogP contribution < -0.4 is 4.90 Å². The average molecular weight is 275 g/mol. The molecule has 1 saturated carbocycles. The molecule has 4 nitrogen and oxygen atoms in total. The first-order valence-corrected chi connectivity index (χ1v) is 7.24. The zero-order valence-corrected chi connectivity index (χ0v) is 11.8. The van der Waals surface area contributed by atoms with Crippen molar-refractivity contribution < 1.29 is 14.7 Å². The minimum Gasteiger partial charge on any atom is -0.481 e. The van der Waals surface area contributed by atoms with Crippen LogP contribution in [0.3, 0.4) is 0 Å². The SMILES string of the molecule is CCCCN(C(=O)C1CCC1C(=O)O)c1ccccc1. The molecule has 0 radical (unpaired) electrons. The number of carbonyl (C=O) groups is 2. The lowest BCUT2D eigenvalue weighted by atomic mass is 9.73. The number of benzene rings is 1. The number of anilines is 1. The number of unbranched alkanes of at least 4 members (excludes halogenated alkanes) is 1. The average Bonchev–Trinajstić information content (AvgIpc) is 2.38. The molecule has 1 aliphatic rings. The van der Waals surface area contributed by atoms with E-state index in [0.717, 1.165) is 18.5 Å². The van der Waals surface area contributed by atoms with E-state index >= 15 is 0 Å². The van der Waals surface area contributed by atoms with Crippen LogP contribution in [0.15, 0.2) is 30.3 Å². The Bertz CT molecular complexity index is 472. The van der Waals surface area contributed by atoms with Crippen LogP contribution in [0.5, 0.6) is 0 Å². The van der Waals surface area contributed by atoms with Gasteiger partial charge in [0.15, 0.2) is 0 Å². The maximum absolute atomic E-state index is 12.6. The number of carboxylic acids is 1. The number of amides is 1. The van der Waals surface area contributed by atoms with Crippen molar-refractivity contribution >= 4 is 17.6 Å². The van der Waals surface area contributed by atoms with Gasteiger partial charge in [0.2, 0.25) is 5.91 Å². The smallest absolute Gasteiger partial charge is 0.307 e. The fraction of sp³-hybridized carbons (Fsp3) is 0.500. The molecular formula is C16H21NO3. The zero-order chi connectivity index (χ0) is 14.5. The summed E-state index contributed by atoms with van der Waals surface area (Å²) >= 11 is 0. The van der Waals surface area contributed by atoms with E-state index in [4.69, 9.17) is 5.11 Å². The third kappa shape index (κ3) is 3.00. The maximum atomic E-state index is 12.6. The van der Waals surface area contributed by atoms with Gasteiger partial charge in [-0.05, 0) is 31.4 Å². The highest BCUT2D eigenvalue weighted by atomic mass is 16.4. The minimum absolute atomic E-state index is 0.0386. The molecular weight excluding hydrogens is 254 g/mol. The summed E-state index contributed by atoms with van der Waals surface area (Å²) < 4.78 is 0. The second-order valence-corrected chi connectivity index (χ2v) is 5.31. The van der Waals surface area contributed by atoms with E-state index in [1.165, 1.54) is 0 Å². The lowest BCUT2D eigenvalue weighted by Gasteiger charge is -2.36. The van der Waals surface area contributed by atoms with Crippen molar-refractivity contribution in [3.63, 3.8) is 0 Å². The van der Waals surface area contributed by atoms with Gasteiger partial charge in [0.1, 0.15) is 0 Å². The number of rotatable bonds is 6. The Balaban J connectivity index is 2.14. The van der Waals surface area contributed by atoms with Gasteiger partial charge in [-0.2, -0.15) is 0 Å². The Morgan fingerprint density at radius 2 is 1.85 bits per heavy atom. The Labute approximate surface area is 119 Å². The fourth-order valence-electron chi connectivity index (χ4n) is 2.58. The van der Waals surface area contributed by atoms with E-state index in [1.807, 2.05) is 30.3 Å². The first kappa shape index (κ1) is 14.6. The van der Waals surface area contributed by atoms with Crippen molar-refractivity contribution in [1.82, 2.24) is 0 Å². The molecule has 2 rings (SSSR count). The maximum Gasteiger partial charge on any atom is 0.307 e. The molecule has 2 unspecified atom stereocenters. The minimum atomic E-state index is -0.849. The Kier molecular flexibility index (Phi) is 4.77. The van der Waals surface area contributed by atoms with Crippen LogP contribution in [-0.4, -0.2) is 23.5 Å². The monoisotopic (exact) mass is 275 g/mol. The van der Waals surface area contributed by atoms with Crippen LogP contribution in [-0.2, 0) is 9.59 Å². The molecule has 1 fully saturated rings. The summed E-state index contributed by atoms with van der Waals surface area (Å²) in [5, 5.41) is 9.11. The summed E-state index contributed by atoms with van der Waals surface area (Å²) in [4.78, 5) is 25.5.